The molecule has 3 aromatic rings. The lowest BCUT2D eigenvalue weighted by atomic mass is 10.1. The molecule has 3 N–H and O–H groups in total. The zero-order chi connectivity index (χ0) is 14.8. The first kappa shape index (κ1) is 13.1. The molecule has 0 atom stereocenters. The van der Waals surface area contributed by atoms with Crippen LogP contribution in [-0.4, -0.2) is 12.1 Å². The summed E-state index contributed by atoms with van der Waals surface area (Å²) in [5.41, 5.74) is 10.7. The van der Waals surface area contributed by atoms with Crippen LogP contribution in [0.4, 0.5) is 5.69 Å². The van der Waals surface area contributed by atoms with Gasteiger partial charge in [-0.1, -0.05) is 23.6 Å². The molecule has 0 unspecified atom stereocenters. The number of fused-ring (bicyclic) bond motifs is 1. The topological polar surface area (TPSA) is 51.0 Å². The molecular weight excluding hydrogens is 260 g/mol. The maximum Gasteiger partial charge on any atom is 0.120 e. The van der Waals surface area contributed by atoms with E-state index >= 15 is 0 Å². The van der Waals surface area contributed by atoms with Crippen LogP contribution in [0.15, 0.2) is 42.5 Å². The van der Waals surface area contributed by atoms with E-state index in [1.807, 2.05) is 42.5 Å². The molecule has 0 fully saturated rings. The summed E-state index contributed by atoms with van der Waals surface area (Å²) in [4.78, 5) is 3.24. The highest BCUT2D eigenvalue weighted by atomic mass is 16.5. The second-order valence-electron chi connectivity index (χ2n) is 4.94. The fraction of sp³-hybridized carbons (Fsp3) is 0.111. The summed E-state index contributed by atoms with van der Waals surface area (Å²) in [5.74, 6) is 7.02. The number of hydrogen-bond donors (Lipinski definition) is 2. The van der Waals surface area contributed by atoms with Gasteiger partial charge in [0.1, 0.15) is 11.4 Å². The van der Waals surface area contributed by atoms with Crippen molar-refractivity contribution in [3.8, 4) is 17.6 Å². The van der Waals surface area contributed by atoms with Gasteiger partial charge in [-0.3, -0.25) is 0 Å². The summed E-state index contributed by atoms with van der Waals surface area (Å²) in [6.07, 6.45) is 0. The number of methoxy groups -OCH3 is 1. The summed E-state index contributed by atoms with van der Waals surface area (Å²) in [5, 5.41) is 0.962. The van der Waals surface area contributed by atoms with Gasteiger partial charge in [-0.25, -0.2) is 0 Å². The predicted octanol–water partition coefficient (Wildman–Crippen LogP) is 3.47. The van der Waals surface area contributed by atoms with Crippen LogP contribution in [0.5, 0.6) is 5.75 Å². The average molecular weight is 276 g/mol. The normalized spacial score (nSPS) is 10.2. The number of ether oxygens (including phenoxy) is 1. The van der Waals surface area contributed by atoms with E-state index in [1.54, 1.807) is 7.11 Å². The predicted molar refractivity (Wildman–Crippen MR) is 86.4 cm³/mol. The largest absolute Gasteiger partial charge is 0.497 e. The maximum absolute atomic E-state index is 6.14. The third-order valence-corrected chi connectivity index (χ3v) is 3.43. The Balaban J connectivity index is 2.01. The molecule has 0 amide bonds. The molecule has 2 aromatic carbocycles. The number of rotatable bonds is 1. The van der Waals surface area contributed by atoms with Crippen molar-refractivity contribution in [1.29, 1.82) is 0 Å². The van der Waals surface area contributed by atoms with Gasteiger partial charge in [-0.15, -0.1) is 0 Å². The Hall–Kier alpha value is -2.86. The minimum Gasteiger partial charge on any atom is -0.497 e. The summed E-state index contributed by atoms with van der Waals surface area (Å²) in [6, 6.07) is 13.9. The van der Waals surface area contributed by atoms with Gasteiger partial charge in [0.05, 0.1) is 18.3 Å². The number of H-pyrrole nitrogens is 1. The van der Waals surface area contributed by atoms with E-state index < -0.39 is 0 Å². The fourth-order valence-electron chi connectivity index (χ4n) is 2.20. The van der Waals surface area contributed by atoms with Crippen molar-refractivity contribution in [2.45, 2.75) is 6.92 Å². The molecular formula is C18H16N2O. The molecule has 104 valence electrons. The molecule has 0 aliphatic rings. The third-order valence-electron chi connectivity index (χ3n) is 3.43. The van der Waals surface area contributed by atoms with Crippen molar-refractivity contribution in [2.24, 2.45) is 0 Å². The zero-order valence-electron chi connectivity index (χ0n) is 12.0. The second-order valence-corrected chi connectivity index (χ2v) is 4.94. The van der Waals surface area contributed by atoms with Gasteiger partial charge in [-0.2, -0.15) is 0 Å². The molecule has 0 aliphatic carbocycles. The highest BCUT2D eigenvalue weighted by Gasteiger charge is 2.07. The van der Waals surface area contributed by atoms with Crippen molar-refractivity contribution in [2.75, 3.05) is 12.8 Å². The van der Waals surface area contributed by atoms with Gasteiger partial charge in [-0.05, 0) is 37.1 Å². The molecule has 3 rings (SSSR count). The van der Waals surface area contributed by atoms with Crippen LogP contribution >= 0.6 is 0 Å². The number of hydrogen-bond acceptors (Lipinski definition) is 2. The van der Waals surface area contributed by atoms with Crippen molar-refractivity contribution in [3.05, 3.63) is 59.3 Å². The molecule has 0 saturated heterocycles. The molecule has 0 bridgehead atoms. The first-order valence-corrected chi connectivity index (χ1v) is 6.71. The first-order valence-electron chi connectivity index (χ1n) is 6.71. The van der Waals surface area contributed by atoms with Crippen molar-refractivity contribution in [3.63, 3.8) is 0 Å². The zero-order valence-corrected chi connectivity index (χ0v) is 12.0. The Kier molecular flexibility index (Phi) is 3.29. The Labute approximate surface area is 123 Å². The maximum atomic E-state index is 6.14. The minimum absolute atomic E-state index is 0.673. The van der Waals surface area contributed by atoms with E-state index in [0.29, 0.717) is 5.69 Å². The Bertz CT molecular complexity index is 849. The number of anilines is 1. The molecule has 0 radical (unpaired) electrons. The van der Waals surface area contributed by atoms with Gasteiger partial charge in [0.15, 0.2) is 0 Å². The summed E-state index contributed by atoms with van der Waals surface area (Å²) < 4.78 is 5.22. The number of nitrogens with two attached hydrogens (primary N) is 1. The Morgan fingerprint density at radius 1 is 1.05 bits per heavy atom. The molecule has 3 nitrogen and oxygen atoms in total. The average Bonchev–Trinajstić information content (AvgIpc) is 2.82. The van der Waals surface area contributed by atoms with E-state index in [0.717, 1.165) is 27.9 Å². The summed E-state index contributed by atoms with van der Waals surface area (Å²) in [7, 11) is 1.64. The number of aryl methyl sites for hydroxylation is 1. The monoisotopic (exact) mass is 276 g/mol. The van der Waals surface area contributed by atoms with Crippen molar-refractivity contribution < 1.29 is 4.74 Å². The molecule has 21 heavy (non-hydrogen) atoms. The highest BCUT2D eigenvalue weighted by molar-refractivity contribution is 5.95. The van der Waals surface area contributed by atoms with E-state index in [4.69, 9.17) is 10.5 Å². The fourth-order valence-corrected chi connectivity index (χ4v) is 2.20. The molecule has 3 heteroatoms. The van der Waals surface area contributed by atoms with E-state index in [2.05, 4.69) is 23.7 Å². The Morgan fingerprint density at radius 3 is 2.52 bits per heavy atom. The van der Waals surface area contributed by atoms with Crippen molar-refractivity contribution in [1.82, 2.24) is 4.98 Å². The number of benzene rings is 2. The van der Waals surface area contributed by atoms with Gasteiger partial charge in [0, 0.05) is 17.0 Å². The quantitative estimate of drug-likeness (QED) is 0.669. The van der Waals surface area contributed by atoms with E-state index in [1.165, 1.54) is 5.56 Å². The lowest BCUT2D eigenvalue weighted by molar-refractivity contribution is 0.415. The summed E-state index contributed by atoms with van der Waals surface area (Å²) >= 11 is 0. The number of aromatic amines is 1. The van der Waals surface area contributed by atoms with Crippen LogP contribution in [-0.2, 0) is 0 Å². The van der Waals surface area contributed by atoms with Crippen molar-refractivity contribution >= 4 is 16.6 Å². The lowest BCUT2D eigenvalue weighted by Gasteiger charge is -1.98. The van der Waals surface area contributed by atoms with Gasteiger partial charge >= 0.3 is 0 Å². The second kappa shape index (κ2) is 5.26. The van der Waals surface area contributed by atoms with Crippen LogP contribution < -0.4 is 10.5 Å². The minimum atomic E-state index is 0.673. The van der Waals surface area contributed by atoms with E-state index in [9.17, 15) is 0 Å². The highest BCUT2D eigenvalue weighted by Crippen LogP contribution is 2.27. The SMILES string of the molecule is COc1ccc2c(N)c(C#Cc3ccc(C)cc3)[nH]c2c1. The van der Waals surface area contributed by atoms with Gasteiger partial charge in [0.25, 0.3) is 0 Å². The first-order chi connectivity index (χ1) is 10.2. The van der Waals surface area contributed by atoms with Crippen LogP contribution in [0.2, 0.25) is 0 Å². The standard InChI is InChI=1S/C18H16N2O/c1-12-3-5-13(6-4-12)7-10-16-18(19)15-9-8-14(21-2)11-17(15)20-16/h3-6,8-9,11,20H,19H2,1-2H3. The smallest absolute Gasteiger partial charge is 0.120 e. The van der Waals surface area contributed by atoms with Crippen LogP contribution in [0, 0.1) is 18.8 Å². The molecule has 1 aromatic heterocycles. The molecule has 0 saturated carbocycles. The van der Waals surface area contributed by atoms with Crippen LogP contribution in [0.25, 0.3) is 10.9 Å². The van der Waals surface area contributed by atoms with Gasteiger partial charge in [0.2, 0.25) is 0 Å². The third kappa shape index (κ3) is 2.56. The number of nitrogen functional groups attached to an aromatic ring is 1. The molecule has 0 aliphatic heterocycles. The molecule has 0 spiro atoms. The summed E-state index contributed by atoms with van der Waals surface area (Å²) in [6.45, 7) is 2.06. The van der Waals surface area contributed by atoms with Crippen LogP contribution in [0.1, 0.15) is 16.8 Å². The number of nitrogens with one attached hydrogen (secondary N) is 1. The van der Waals surface area contributed by atoms with Gasteiger partial charge < -0.3 is 15.5 Å². The molecule has 1 heterocycles. The Morgan fingerprint density at radius 2 is 1.81 bits per heavy atom. The van der Waals surface area contributed by atoms with Crippen LogP contribution in [0.3, 0.4) is 0 Å². The lowest BCUT2D eigenvalue weighted by Crippen LogP contribution is -1.86. The number of aromatic nitrogens is 1. The van der Waals surface area contributed by atoms with E-state index in [-0.39, 0.29) is 0 Å².